The van der Waals surface area contributed by atoms with Crippen LogP contribution in [0.2, 0.25) is 0 Å². The Bertz CT molecular complexity index is 299. The third-order valence-corrected chi connectivity index (χ3v) is 2.45. The molecule has 0 heterocycles. The highest BCUT2D eigenvalue weighted by Gasteiger charge is 2.03. The molecule has 0 radical (unpaired) electrons. The van der Waals surface area contributed by atoms with Crippen molar-refractivity contribution in [1.29, 1.82) is 0 Å². The maximum atomic E-state index is 10.3. The maximum absolute atomic E-state index is 10.3. The summed E-state index contributed by atoms with van der Waals surface area (Å²) in [5, 5.41) is 10.3. The zero-order valence-electron chi connectivity index (χ0n) is 7.80. The van der Waals surface area contributed by atoms with Crippen LogP contribution < -0.4 is 0 Å². The molecular formula is C9H11NO3S. The van der Waals surface area contributed by atoms with E-state index in [9.17, 15) is 10.1 Å². The largest absolute Gasteiger partial charge is 0.371 e. The number of non-ortho nitro benzene ring substituents is 1. The molecule has 14 heavy (non-hydrogen) atoms. The molecule has 0 unspecified atom stereocenters. The van der Waals surface area contributed by atoms with Gasteiger partial charge in [0.15, 0.2) is 0 Å². The van der Waals surface area contributed by atoms with Gasteiger partial charge in [0.25, 0.3) is 5.69 Å². The first kappa shape index (κ1) is 11.0. The second kappa shape index (κ2) is 5.62. The Balaban J connectivity index is 2.51. The summed E-state index contributed by atoms with van der Waals surface area (Å²) in [5.74, 6) is 0.578. The number of nitro benzene ring substituents is 1. The van der Waals surface area contributed by atoms with Crippen molar-refractivity contribution in [3.63, 3.8) is 0 Å². The van der Waals surface area contributed by atoms with Crippen molar-refractivity contribution in [3.05, 3.63) is 34.4 Å². The van der Waals surface area contributed by atoms with Gasteiger partial charge >= 0.3 is 0 Å². The van der Waals surface area contributed by atoms with E-state index in [4.69, 9.17) is 4.74 Å². The molecule has 0 saturated carbocycles. The van der Waals surface area contributed by atoms with Crippen LogP contribution in [0.15, 0.2) is 29.2 Å². The maximum Gasteiger partial charge on any atom is 0.269 e. The lowest BCUT2D eigenvalue weighted by Crippen LogP contribution is -1.89. The summed E-state index contributed by atoms with van der Waals surface area (Å²) < 4.78 is 5.14. The molecule has 0 bridgehead atoms. The lowest BCUT2D eigenvalue weighted by atomic mass is 10.3. The lowest BCUT2D eigenvalue weighted by Gasteiger charge is -2.00. The van der Waals surface area contributed by atoms with E-state index in [-0.39, 0.29) is 5.69 Å². The zero-order valence-corrected chi connectivity index (χ0v) is 8.62. The van der Waals surface area contributed by atoms with Gasteiger partial charge in [-0.25, -0.2) is 0 Å². The van der Waals surface area contributed by atoms with E-state index in [1.54, 1.807) is 12.1 Å². The average Bonchev–Trinajstić information content (AvgIpc) is 2.19. The molecule has 76 valence electrons. The summed E-state index contributed by atoms with van der Waals surface area (Å²) in [5.41, 5.74) is 0.116. The molecular weight excluding hydrogens is 202 g/mol. The van der Waals surface area contributed by atoms with Gasteiger partial charge in [-0.05, 0) is 19.1 Å². The Hall–Kier alpha value is -1.07. The van der Waals surface area contributed by atoms with Gasteiger partial charge in [-0.3, -0.25) is 10.1 Å². The fourth-order valence-corrected chi connectivity index (χ4v) is 1.57. The smallest absolute Gasteiger partial charge is 0.269 e. The molecule has 0 fully saturated rings. The first-order valence-electron chi connectivity index (χ1n) is 4.19. The molecule has 0 amide bonds. The SMILES string of the molecule is CCOCSc1ccc([N+](=O)[O-])cc1. The van der Waals surface area contributed by atoms with Gasteiger partial charge in [-0.1, -0.05) is 11.8 Å². The van der Waals surface area contributed by atoms with Gasteiger partial charge in [-0.2, -0.15) is 0 Å². The van der Waals surface area contributed by atoms with Gasteiger partial charge < -0.3 is 4.74 Å². The Kier molecular flexibility index (Phi) is 4.42. The van der Waals surface area contributed by atoms with Crippen molar-refractivity contribution in [2.24, 2.45) is 0 Å². The highest BCUT2D eigenvalue weighted by atomic mass is 32.2. The van der Waals surface area contributed by atoms with Crippen LogP contribution in [0.3, 0.4) is 0 Å². The minimum atomic E-state index is -0.406. The van der Waals surface area contributed by atoms with E-state index in [0.717, 1.165) is 4.90 Å². The molecule has 1 aromatic carbocycles. The molecule has 0 saturated heterocycles. The summed E-state index contributed by atoms with van der Waals surface area (Å²) in [6.45, 7) is 2.61. The van der Waals surface area contributed by atoms with Crippen LogP contribution in [0.4, 0.5) is 5.69 Å². The summed E-state index contributed by atoms with van der Waals surface area (Å²) in [6, 6.07) is 6.44. The predicted octanol–water partition coefficient (Wildman–Crippen LogP) is 2.68. The fourth-order valence-electron chi connectivity index (χ4n) is 0.857. The molecule has 1 rings (SSSR count). The third-order valence-electron chi connectivity index (χ3n) is 1.56. The molecule has 0 aliphatic carbocycles. The highest BCUT2D eigenvalue weighted by Crippen LogP contribution is 2.21. The number of rotatable bonds is 5. The Labute approximate surface area is 86.4 Å². The van der Waals surface area contributed by atoms with Crippen molar-refractivity contribution < 1.29 is 9.66 Å². The number of hydrogen-bond donors (Lipinski definition) is 0. The number of nitrogens with zero attached hydrogens (tertiary/aromatic N) is 1. The second-order valence-electron chi connectivity index (χ2n) is 2.51. The van der Waals surface area contributed by atoms with E-state index in [2.05, 4.69) is 0 Å². The molecule has 0 aliphatic heterocycles. The van der Waals surface area contributed by atoms with E-state index in [0.29, 0.717) is 12.5 Å². The number of ether oxygens (including phenoxy) is 1. The molecule has 0 aliphatic rings. The summed E-state index contributed by atoms with van der Waals surface area (Å²) in [7, 11) is 0. The van der Waals surface area contributed by atoms with Crippen molar-refractivity contribution in [2.45, 2.75) is 11.8 Å². The lowest BCUT2D eigenvalue weighted by molar-refractivity contribution is -0.384. The molecule has 4 nitrogen and oxygen atoms in total. The Morgan fingerprint density at radius 3 is 2.57 bits per heavy atom. The van der Waals surface area contributed by atoms with Gasteiger partial charge in [0.05, 0.1) is 10.9 Å². The van der Waals surface area contributed by atoms with E-state index < -0.39 is 4.92 Å². The topological polar surface area (TPSA) is 52.4 Å². The molecule has 5 heteroatoms. The molecule has 0 aromatic heterocycles. The second-order valence-corrected chi connectivity index (χ2v) is 3.50. The van der Waals surface area contributed by atoms with Crippen LogP contribution in [0.1, 0.15) is 6.92 Å². The Morgan fingerprint density at radius 1 is 1.43 bits per heavy atom. The van der Waals surface area contributed by atoms with Crippen molar-refractivity contribution in [2.75, 3.05) is 12.5 Å². The van der Waals surface area contributed by atoms with Crippen LogP contribution >= 0.6 is 11.8 Å². The molecule has 1 aromatic rings. The predicted molar refractivity (Wildman–Crippen MR) is 55.4 cm³/mol. The van der Waals surface area contributed by atoms with Gasteiger partial charge in [0, 0.05) is 23.6 Å². The van der Waals surface area contributed by atoms with Crippen molar-refractivity contribution in [1.82, 2.24) is 0 Å². The molecule has 0 atom stereocenters. The van der Waals surface area contributed by atoms with Crippen LogP contribution in [0.5, 0.6) is 0 Å². The number of benzene rings is 1. The van der Waals surface area contributed by atoms with Gasteiger partial charge in [-0.15, -0.1) is 0 Å². The van der Waals surface area contributed by atoms with Crippen molar-refractivity contribution in [3.8, 4) is 0 Å². The number of nitro groups is 1. The Morgan fingerprint density at radius 2 is 2.07 bits per heavy atom. The average molecular weight is 213 g/mol. The standard InChI is InChI=1S/C9H11NO3S/c1-2-13-7-14-9-5-3-8(4-6-9)10(11)12/h3-6H,2,7H2,1H3. The summed E-state index contributed by atoms with van der Waals surface area (Å²) in [6.07, 6.45) is 0. The van der Waals surface area contributed by atoms with Crippen LogP contribution in [-0.2, 0) is 4.74 Å². The zero-order chi connectivity index (χ0) is 10.4. The fraction of sp³-hybridized carbons (Fsp3) is 0.333. The first-order chi connectivity index (χ1) is 6.74. The minimum Gasteiger partial charge on any atom is -0.371 e. The normalized spacial score (nSPS) is 10.1. The van der Waals surface area contributed by atoms with E-state index in [1.165, 1.54) is 23.9 Å². The summed E-state index contributed by atoms with van der Waals surface area (Å²) in [4.78, 5) is 10.9. The number of hydrogen-bond acceptors (Lipinski definition) is 4. The summed E-state index contributed by atoms with van der Waals surface area (Å²) >= 11 is 1.52. The quantitative estimate of drug-likeness (QED) is 0.248. The molecule has 0 N–H and O–H groups in total. The van der Waals surface area contributed by atoms with Crippen LogP contribution in [-0.4, -0.2) is 17.5 Å². The van der Waals surface area contributed by atoms with Crippen LogP contribution in [0, 0.1) is 10.1 Å². The number of thioether (sulfide) groups is 1. The monoisotopic (exact) mass is 213 g/mol. The van der Waals surface area contributed by atoms with Crippen molar-refractivity contribution >= 4 is 17.4 Å². The molecule has 0 spiro atoms. The van der Waals surface area contributed by atoms with E-state index >= 15 is 0 Å². The first-order valence-corrected chi connectivity index (χ1v) is 5.17. The third kappa shape index (κ3) is 3.35. The van der Waals surface area contributed by atoms with Gasteiger partial charge in [0.1, 0.15) is 0 Å². The minimum absolute atomic E-state index is 0.116. The van der Waals surface area contributed by atoms with Crippen LogP contribution in [0.25, 0.3) is 0 Å². The van der Waals surface area contributed by atoms with Gasteiger partial charge in [0.2, 0.25) is 0 Å². The highest BCUT2D eigenvalue weighted by molar-refractivity contribution is 7.99. The van der Waals surface area contributed by atoms with E-state index in [1.807, 2.05) is 6.92 Å².